The maximum Gasteiger partial charge on any atom is 0.0897 e. The molecular weight excluding hydrogens is 262 g/mol. The molecule has 0 aromatic carbocycles. The first-order valence-corrected chi connectivity index (χ1v) is 9.00. The molecule has 3 unspecified atom stereocenters. The third-order valence-electron chi connectivity index (χ3n) is 4.67. The number of nitrogens with one attached hydrogen (secondary N) is 1. The molecule has 0 saturated heterocycles. The minimum atomic E-state index is -0.376. The first-order valence-electron chi connectivity index (χ1n) is 9.00. The Balaban J connectivity index is 2.12. The maximum absolute atomic E-state index is 10.0. The summed E-state index contributed by atoms with van der Waals surface area (Å²) in [6, 6.07) is 0.578. The van der Waals surface area contributed by atoms with Crippen molar-refractivity contribution < 1.29 is 9.84 Å². The van der Waals surface area contributed by atoms with Gasteiger partial charge >= 0.3 is 0 Å². The van der Waals surface area contributed by atoms with E-state index in [1.807, 2.05) is 0 Å². The summed E-state index contributed by atoms with van der Waals surface area (Å²) in [5, 5.41) is 13.6. The highest BCUT2D eigenvalue weighted by Gasteiger charge is 2.27. The smallest absolute Gasteiger partial charge is 0.0897 e. The van der Waals surface area contributed by atoms with Crippen LogP contribution in [0, 0.1) is 17.8 Å². The Labute approximate surface area is 131 Å². The van der Waals surface area contributed by atoms with Crippen LogP contribution in [0.2, 0.25) is 0 Å². The molecule has 0 heterocycles. The van der Waals surface area contributed by atoms with Crippen LogP contribution in [0.25, 0.3) is 0 Å². The van der Waals surface area contributed by atoms with Gasteiger partial charge in [0.15, 0.2) is 0 Å². The summed E-state index contributed by atoms with van der Waals surface area (Å²) in [6.07, 6.45) is 7.19. The van der Waals surface area contributed by atoms with E-state index in [1.54, 1.807) is 0 Å². The predicted molar refractivity (Wildman–Crippen MR) is 89.5 cm³/mol. The molecule has 3 atom stereocenters. The highest BCUT2D eigenvalue weighted by molar-refractivity contribution is 4.83. The average Bonchev–Trinajstić information content (AvgIpc) is 2.44. The van der Waals surface area contributed by atoms with Crippen LogP contribution in [0.15, 0.2) is 0 Å². The fourth-order valence-corrected chi connectivity index (χ4v) is 3.37. The standard InChI is InChI=1S/C18H37NO2/c1-14(2)8-7-11-21-13-16(20)12-19-18-10-6-5-9-17(18)15(3)4/h14-20H,5-13H2,1-4H3. The number of hydrogen-bond donors (Lipinski definition) is 2. The number of rotatable bonds is 10. The van der Waals surface area contributed by atoms with Crippen molar-refractivity contribution in [3.63, 3.8) is 0 Å². The first kappa shape index (κ1) is 18.9. The van der Waals surface area contributed by atoms with Crippen molar-refractivity contribution in [2.45, 2.75) is 78.4 Å². The Bertz CT molecular complexity index is 256. The molecule has 0 amide bonds. The van der Waals surface area contributed by atoms with E-state index in [1.165, 1.54) is 32.1 Å². The van der Waals surface area contributed by atoms with E-state index in [4.69, 9.17) is 4.74 Å². The van der Waals surface area contributed by atoms with Crippen LogP contribution in [0.5, 0.6) is 0 Å². The molecule has 1 saturated carbocycles. The number of ether oxygens (including phenoxy) is 1. The molecule has 3 nitrogen and oxygen atoms in total. The molecule has 3 heteroatoms. The first-order chi connectivity index (χ1) is 10.0. The summed E-state index contributed by atoms with van der Waals surface area (Å²) >= 11 is 0. The molecule has 0 aliphatic heterocycles. The van der Waals surface area contributed by atoms with Gasteiger partial charge in [-0.15, -0.1) is 0 Å². The third kappa shape index (κ3) is 8.18. The van der Waals surface area contributed by atoms with Crippen LogP contribution in [0.3, 0.4) is 0 Å². The summed E-state index contributed by atoms with van der Waals surface area (Å²) in [7, 11) is 0. The second-order valence-electron chi connectivity index (χ2n) is 7.47. The van der Waals surface area contributed by atoms with Gasteiger partial charge in [-0.2, -0.15) is 0 Å². The van der Waals surface area contributed by atoms with E-state index in [9.17, 15) is 5.11 Å². The van der Waals surface area contributed by atoms with Crippen molar-refractivity contribution in [1.82, 2.24) is 5.32 Å². The SMILES string of the molecule is CC(C)CCCOCC(O)CNC1CCCCC1C(C)C. The van der Waals surface area contributed by atoms with Crippen molar-refractivity contribution in [1.29, 1.82) is 0 Å². The fraction of sp³-hybridized carbons (Fsp3) is 1.00. The second kappa shape index (κ2) is 10.6. The molecule has 0 aromatic heterocycles. The molecule has 0 aromatic rings. The Morgan fingerprint density at radius 3 is 2.52 bits per heavy atom. The van der Waals surface area contributed by atoms with Gasteiger partial charge in [0.25, 0.3) is 0 Å². The largest absolute Gasteiger partial charge is 0.389 e. The Hall–Kier alpha value is -0.120. The molecule has 0 bridgehead atoms. The van der Waals surface area contributed by atoms with Gasteiger partial charge in [0.2, 0.25) is 0 Å². The molecule has 2 N–H and O–H groups in total. The lowest BCUT2D eigenvalue weighted by Gasteiger charge is -2.35. The molecule has 1 aliphatic rings. The number of aliphatic hydroxyl groups is 1. The average molecular weight is 299 g/mol. The van der Waals surface area contributed by atoms with E-state index < -0.39 is 0 Å². The number of aliphatic hydroxyl groups excluding tert-OH is 1. The minimum Gasteiger partial charge on any atom is -0.389 e. The molecular formula is C18H37NO2. The van der Waals surface area contributed by atoms with E-state index >= 15 is 0 Å². The van der Waals surface area contributed by atoms with Gasteiger partial charge < -0.3 is 15.2 Å². The van der Waals surface area contributed by atoms with Crippen LogP contribution in [0.1, 0.15) is 66.2 Å². The fourth-order valence-electron chi connectivity index (χ4n) is 3.37. The lowest BCUT2D eigenvalue weighted by atomic mass is 9.78. The van der Waals surface area contributed by atoms with Crippen molar-refractivity contribution in [3.05, 3.63) is 0 Å². The minimum absolute atomic E-state index is 0.376. The lowest BCUT2D eigenvalue weighted by Crippen LogP contribution is -2.44. The van der Waals surface area contributed by atoms with Crippen molar-refractivity contribution in [2.75, 3.05) is 19.8 Å². The summed E-state index contributed by atoms with van der Waals surface area (Å²) in [4.78, 5) is 0. The van der Waals surface area contributed by atoms with Crippen molar-refractivity contribution in [2.24, 2.45) is 17.8 Å². The zero-order chi connectivity index (χ0) is 15.7. The third-order valence-corrected chi connectivity index (χ3v) is 4.67. The van der Waals surface area contributed by atoms with E-state index in [2.05, 4.69) is 33.0 Å². The van der Waals surface area contributed by atoms with Gasteiger partial charge in [-0.1, -0.05) is 40.5 Å². The van der Waals surface area contributed by atoms with Crippen LogP contribution < -0.4 is 5.32 Å². The molecule has 126 valence electrons. The summed E-state index contributed by atoms with van der Waals surface area (Å²) in [5.74, 6) is 2.23. The summed E-state index contributed by atoms with van der Waals surface area (Å²) in [5.41, 5.74) is 0. The van der Waals surface area contributed by atoms with Gasteiger partial charge in [-0.25, -0.2) is 0 Å². The normalized spacial score (nSPS) is 24.7. The zero-order valence-electron chi connectivity index (χ0n) is 14.6. The van der Waals surface area contributed by atoms with Gasteiger partial charge in [0.1, 0.15) is 0 Å². The predicted octanol–water partition coefficient (Wildman–Crippen LogP) is 3.60. The quantitative estimate of drug-likeness (QED) is 0.606. The topological polar surface area (TPSA) is 41.5 Å². The Morgan fingerprint density at radius 2 is 1.86 bits per heavy atom. The van der Waals surface area contributed by atoms with Gasteiger partial charge in [-0.3, -0.25) is 0 Å². The Morgan fingerprint density at radius 1 is 1.14 bits per heavy atom. The highest BCUT2D eigenvalue weighted by Crippen LogP contribution is 2.30. The van der Waals surface area contributed by atoms with Gasteiger partial charge in [0.05, 0.1) is 12.7 Å². The van der Waals surface area contributed by atoms with Crippen LogP contribution >= 0.6 is 0 Å². The van der Waals surface area contributed by atoms with E-state index in [0.717, 1.165) is 30.8 Å². The summed E-state index contributed by atoms with van der Waals surface area (Å²) < 4.78 is 5.57. The van der Waals surface area contributed by atoms with Crippen LogP contribution in [-0.2, 0) is 4.74 Å². The van der Waals surface area contributed by atoms with Crippen LogP contribution in [0.4, 0.5) is 0 Å². The van der Waals surface area contributed by atoms with E-state index in [0.29, 0.717) is 19.2 Å². The number of hydrogen-bond acceptors (Lipinski definition) is 3. The van der Waals surface area contributed by atoms with Crippen molar-refractivity contribution >= 4 is 0 Å². The molecule has 0 radical (unpaired) electrons. The molecule has 21 heavy (non-hydrogen) atoms. The summed E-state index contributed by atoms with van der Waals surface area (Å²) in [6.45, 7) is 11.0. The molecule has 1 rings (SSSR count). The van der Waals surface area contributed by atoms with Gasteiger partial charge in [-0.05, 0) is 43.4 Å². The zero-order valence-corrected chi connectivity index (χ0v) is 14.6. The molecule has 1 fully saturated rings. The maximum atomic E-state index is 10.0. The second-order valence-corrected chi connectivity index (χ2v) is 7.47. The highest BCUT2D eigenvalue weighted by atomic mass is 16.5. The van der Waals surface area contributed by atoms with E-state index in [-0.39, 0.29) is 6.10 Å². The van der Waals surface area contributed by atoms with Gasteiger partial charge in [0, 0.05) is 19.2 Å². The molecule has 1 aliphatic carbocycles. The van der Waals surface area contributed by atoms with Crippen molar-refractivity contribution in [3.8, 4) is 0 Å². The monoisotopic (exact) mass is 299 g/mol. The molecule has 0 spiro atoms. The Kier molecular flexibility index (Phi) is 9.54. The van der Waals surface area contributed by atoms with Crippen LogP contribution in [-0.4, -0.2) is 37.0 Å². The lowest BCUT2D eigenvalue weighted by molar-refractivity contribution is 0.0306.